The fourth-order valence-electron chi connectivity index (χ4n) is 0.801. The summed E-state index contributed by atoms with van der Waals surface area (Å²) in [6.07, 6.45) is 0.158. The van der Waals surface area contributed by atoms with Gasteiger partial charge in [-0.05, 0) is 13.8 Å². The van der Waals surface area contributed by atoms with E-state index >= 15 is 0 Å². The Labute approximate surface area is 81.4 Å². The van der Waals surface area contributed by atoms with E-state index in [1.165, 1.54) is 0 Å². The highest BCUT2D eigenvalue weighted by Gasteiger charge is 2.15. The van der Waals surface area contributed by atoms with Crippen LogP contribution in [0, 0.1) is 5.41 Å². The summed E-state index contributed by atoms with van der Waals surface area (Å²) >= 11 is 0. The molecule has 0 aliphatic carbocycles. The number of hydrogen-bond donors (Lipinski definition) is 1. The van der Waals surface area contributed by atoms with Crippen molar-refractivity contribution < 1.29 is 4.74 Å². The molecule has 0 fully saturated rings. The zero-order chi connectivity index (χ0) is 10.5. The van der Waals surface area contributed by atoms with E-state index < -0.39 is 0 Å². The quantitative estimate of drug-likeness (QED) is 0.537. The smallest absolute Gasteiger partial charge is 0.0992 e. The van der Waals surface area contributed by atoms with Crippen molar-refractivity contribution in [3.63, 3.8) is 0 Å². The normalized spacial score (nSPS) is 15.9. The zero-order valence-corrected chi connectivity index (χ0v) is 9.42. The van der Waals surface area contributed by atoms with Crippen LogP contribution in [0.1, 0.15) is 34.6 Å². The molecule has 2 N–H and O–H groups in total. The molecule has 0 saturated heterocycles. The van der Waals surface area contributed by atoms with Crippen molar-refractivity contribution in [3.8, 4) is 0 Å². The van der Waals surface area contributed by atoms with Gasteiger partial charge in [0.1, 0.15) is 0 Å². The first kappa shape index (κ1) is 12.4. The summed E-state index contributed by atoms with van der Waals surface area (Å²) < 4.78 is 5.34. The van der Waals surface area contributed by atoms with Gasteiger partial charge in [-0.25, -0.2) is 0 Å². The third-order valence-electron chi connectivity index (χ3n) is 1.74. The molecule has 0 saturated carbocycles. The van der Waals surface area contributed by atoms with E-state index in [0.29, 0.717) is 12.4 Å². The second-order valence-electron chi connectivity index (χ2n) is 4.24. The average Bonchev–Trinajstić information content (AvgIpc) is 1.99. The Bertz CT molecular complexity index is 170. The lowest BCUT2D eigenvalue weighted by Gasteiger charge is -2.18. The Morgan fingerprint density at radius 2 is 2.00 bits per heavy atom. The number of hydrogen-bond acceptors (Lipinski definition) is 2. The van der Waals surface area contributed by atoms with Gasteiger partial charge in [-0.3, -0.25) is 4.99 Å². The summed E-state index contributed by atoms with van der Waals surface area (Å²) in [5.41, 5.74) is 5.75. The molecular weight excluding hydrogens is 164 g/mol. The fraction of sp³-hybridized carbons (Fsp3) is 0.900. The van der Waals surface area contributed by atoms with E-state index in [0.717, 1.165) is 6.61 Å². The van der Waals surface area contributed by atoms with Crippen LogP contribution in [0.2, 0.25) is 0 Å². The van der Waals surface area contributed by atoms with Gasteiger partial charge >= 0.3 is 0 Å². The van der Waals surface area contributed by atoms with Crippen LogP contribution in [0.15, 0.2) is 4.99 Å². The molecule has 0 rings (SSSR count). The highest BCUT2D eigenvalue weighted by Crippen LogP contribution is 2.12. The minimum Gasteiger partial charge on any atom is -0.387 e. The Hall–Kier alpha value is -0.570. The highest BCUT2D eigenvalue weighted by molar-refractivity contribution is 5.85. The van der Waals surface area contributed by atoms with Gasteiger partial charge in [0.15, 0.2) is 0 Å². The molecular formula is C10H22N2O. The summed E-state index contributed by atoms with van der Waals surface area (Å²) in [5, 5.41) is 0. The molecule has 0 bridgehead atoms. The molecule has 0 aliphatic heterocycles. The minimum atomic E-state index is -0.0358. The maximum absolute atomic E-state index is 5.79. The first-order chi connectivity index (χ1) is 5.88. The molecule has 0 spiro atoms. The van der Waals surface area contributed by atoms with Gasteiger partial charge in [-0.1, -0.05) is 20.8 Å². The molecule has 0 aliphatic rings. The van der Waals surface area contributed by atoms with Crippen LogP contribution >= 0.6 is 0 Å². The average molecular weight is 186 g/mol. The maximum Gasteiger partial charge on any atom is 0.0992 e. The molecule has 78 valence electrons. The number of amidine groups is 1. The summed E-state index contributed by atoms with van der Waals surface area (Å²) in [6.45, 7) is 11.5. The van der Waals surface area contributed by atoms with Crippen LogP contribution in [-0.2, 0) is 4.74 Å². The molecule has 0 aromatic rings. The van der Waals surface area contributed by atoms with Gasteiger partial charge in [-0.15, -0.1) is 0 Å². The third-order valence-corrected chi connectivity index (χ3v) is 1.74. The van der Waals surface area contributed by atoms with Crippen LogP contribution in [0.25, 0.3) is 0 Å². The zero-order valence-electron chi connectivity index (χ0n) is 9.42. The van der Waals surface area contributed by atoms with E-state index in [1.807, 2.05) is 13.8 Å². The van der Waals surface area contributed by atoms with Crippen LogP contribution in [0.3, 0.4) is 0 Å². The number of rotatable bonds is 4. The number of aliphatic imine (C=N–C) groups is 1. The molecule has 0 aromatic heterocycles. The number of ether oxygens (including phenoxy) is 1. The first-order valence-electron chi connectivity index (χ1n) is 4.80. The Kier molecular flexibility index (Phi) is 4.99. The van der Waals surface area contributed by atoms with Crippen LogP contribution in [0.5, 0.6) is 0 Å². The lowest BCUT2D eigenvalue weighted by Crippen LogP contribution is -2.30. The summed E-state index contributed by atoms with van der Waals surface area (Å²) in [4.78, 5) is 4.28. The number of nitrogens with two attached hydrogens (primary N) is 1. The largest absolute Gasteiger partial charge is 0.387 e. The van der Waals surface area contributed by atoms with Gasteiger partial charge < -0.3 is 10.5 Å². The predicted octanol–water partition coefficient (Wildman–Crippen LogP) is 1.81. The molecule has 1 atom stereocenters. The topological polar surface area (TPSA) is 47.6 Å². The van der Waals surface area contributed by atoms with Gasteiger partial charge in [0.25, 0.3) is 0 Å². The lowest BCUT2D eigenvalue weighted by atomic mass is 9.95. The molecule has 13 heavy (non-hydrogen) atoms. The monoisotopic (exact) mass is 186 g/mol. The van der Waals surface area contributed by atoms with Crippen LogP contribution < -0.4 is 5.73 Å². The van der Waals surface area contributed by atoms with Crippen LogP contribution in [-0.4, -0.2) is 25.1 Å². The van der Waals surface area contributed by atoms with Crippen molar-refractivity contribution in [1.82, 2.24) is 0 Å². The first-order valence-corrected chi connectivity index (χ1v) is 4.80. The van der Waals surface area contributed by atoms with Crippen molar-refractivity contribution in [2.24, 2.45) is 16.1 Å². The van der Waals surface area contributed by atoms with Gasteiger partial charge in [-0.2, -0.15) is 0 Å². The highest BCUT2D eigenvalue weighted by atomic mass is 16.5. The summed E-state index contributed by atoms with van der Waals surface area (Å²) in [6, 6.07) is 0. The molecule has 1 unspecified atom stereocenters. The van der Waals surface area contributed by atoms with Crippen molar-refractivity contribution in [2.45, 2.75) is 40.7 Å². The second-order valence-corrected chi connectivity index (χ2v) is 4.24. The minimum absolute atomic E-state index is 0.0358. The van der Waals surface area contributed by atoms with Gasteiger partial charge in [0, 0.05) is 12.0 Å². The molecule has 3 nitrogen and oxygen atoms in total. The van der Waals surface area contributed by atoms with Crippen molar-refractivity contribution in [2.75, 3.05) is 13.2 Å². The standard InChI is InChI=1S/C10H22N2O/c1-6-13-8(2)7-12-9(11)10(3,4)5/h8H,6-7H2,1-5H3,(H2,11,12). The molecule has 0 heterocycles. The Morgan fingerprint density at radius 1 is 1.46 bits per heavy atom. The van der Waals surface area contributed by atoms with E-state index in [9.17, 15) is 0 Å². The Morgan fingerprint density at radius 3 is 2.38 bits per heavy atom. The number of nitrogens with zero attached hydrogens (tertiary/aromatic N) is 1. The van der Waals surface area contributed by atoms with Crippen molar-refractivity contribution in [3.05, 3.63) is 0 Å². The van der Waals surface area contributed by atoms with E-state index in [4.69, 9.17) is 10.5 Å². The van der Waals surface area contributed by atoms with Crippen LogP contribution in [0.4, 0.5) is 0 Å². The van der Waals surface area contributed by atoms with Gasteiger partial charge in [0.2, 0.25) is 0 Å². The fourth-order valence-corrected chi connectivity index (χ4v) is 0.801. The second kappa shape index (κ2) is 5.22. The van der Waals surface area contributed by atoms with Crippen molar-refractivity contribution in [1.29, 1.82) is 0 Å². The maximum atomic E-state index is 5.79. The van der Waals surface area contributed by atoms with Crippen molar-refractivity contribution >= 4 is 5.84 Å². The SMILES string of the molecule is CCOC(C)CN=C(N)C(C)(C)C. The molecule has 0 aromatic carbocycles. The van der Waals surface area contributed by atoms with E-state index in [2.05, 4.69) is 25.8 Å². The van der Waals surface area contributed by atoms with Gasteiger partial charge in [0.05, 0.1) is 18.5 Å². The summed E-state index contributed by atoms with van der Waals surface area (Å²) in [5.74, 6) is 0.694. The van der Waals surface area contributed by atoms with E-state index in [1.54, 1.807) is 0 Å². The summed E-state index contributed by atoms with van der Waals surface area (Å²) in [7, 11) is 0. The molecule has 0 radical (unpaired) electrons. The predicted molar refractivity (Wildman–Crippen MR) is 57.0 cm³/mol. The molecule has 3 heteroatoms. The molecule has 0 amide bonds. The lowest BCUT2D eigenvalue weighted by molar-refractivity contribution is 0.0828. The third kappa shape index (κ3) is 5.64. The van der Waals surface area contributed by atoms with E-state index in [-0.39, 0.29) is 11.5 Å². The Balaban J connectivity index is 3.97.